The van der Waals surface area contributed by atoms with E-state index in [2.05, 4.69) is 25.9 Å². The van der Waals surface area contributed by atoms with Crippen LogP contribution in [-0.2, 0) is 6.18 Å². The highest BCUT2D eigenvalue weighted by Gasteiger charge is 2.30. The van der Waals surface area contributed by atoms with Gasteiger partial charge in [0.15, 0.2) is 0 Å². The predicted molar refractivity (Wildman–Crippen MR) is 104 cm³/mol. The lowest BCUT2D eigenvalue weighted by molar-refractivity contribution is -0.137. The van der Waals surface area contributed by atoms with Gasteiger partial charge in [0.2, 0.25) is 5.82 Å². The molecule has 3 aromatic carbocycles. The molecule has 0 aliphatic heterocycles. The van der Waals surface area contributed by atoms with Crippen LogP contribution >= 0.6 is 0 Å². The monoisotopic (exact) mass is 427 g/mol. The summed E-state index contributed by atoms with van der Waals surface area (Å²) in [6, 6.07) is 14.4. The van der Waals surface area contributed by atoms with Gasteiger partial charge in [-0.25, -0.2) is 4.39 Å². The second-order valence-corrected chi connectivity index (χ2v) is 6.54. The number of hydrogen-bond donors (Lipinski definition) is 2. The van der Waals surface area contributed by atoms with Gasteiger partial charge in [0.05, 0.1) is 11.1 Å². The molecule has 0 aliphatic rings. The summed E-state index contributed by atoms with van der Waals surface area (Å²) in [5.41, 5.74) is 0.271. The van der Waals surface area contributed by atoms with Gasteiger partial charge in [-0.1, -0.05) is 30.3 Å². The maximum absolute atomic E-state index is 13.9. The van der Waals surface area contributed by atoms with Gasteiger partial charge in [0, 0.05) is 11.3 Å². The minimum absolute atomic E-state index is 0.107. The number of tetrazole rings is 1. The van der Waals surface area contributed by atoms with Crippen LogP contribution in [0.1, 0.15) is 15.9 Å². The molecule has 4 rings (SSSR count). The molecule has 156 valence electrons. The van der Waals surface area contributed by atoms with Crippen LogP contribution in [-0.4, -0.2) is 26.5 Å². The fourth-order valence-corrected chi connectivity index (χ4v) is 3.04. The number of amides is 1. The molecule has 0 spiro atoms. The van der Waals surface area contributed by atoms with E-state index in [1.54, 1.807) is 24.3 Å². The summed E-state index contributed by atoms with van der Waals surface area (Å²) >= 11 is 0. The number of rotatable bonds is 4. The average Bonchev–Trinajstić information content (AvgIpc) is 3.28. The molecule has 1 amide bonds. The van der Waals surface area contributed by atoms with E-state index in [1.165, 1.54) is 18.2 Å². The smallest absolute Gasteiger partial charge is 0.322 e. The normalized spacial score (nSPS) is 11.4. The molecule has 6 nitrogen and oxygen atoms in total. The van der Waals surface area contributed by atoms with Gasteiger partial charge in [0.1, 0.15) is 5.82 Å². The molecule has 2 N–H and O–H groups in total. The number of carbonyl (C=O) groups excluding carboxylic acids is 1. The quantitative estimate of drug-likeness (QED) is 0.452. The van der Waals surface area contributed by atoms with E-state index in [0.29, 0.717) is 17.1 Å². The zero-order chi connectivity index (χ0) is 22.0. The van der Waals surface area contributed by atoms with Gasteiger partial charge < -0.3 is 5.32 Å². The summed E-state index contributed by atoms with van der Waals surface area (Å²) in [5, 5.41) is 16.1. The summed E-state index contributed by atoms with van der Waals surface area (Å²) in [7, 11) is 0. The van der Waals surface area contributed by atoms with Crippen LogP contribution in [0.3, 0.4) is 0 Å². The topological polar surface area (TPSA) is 83.6 Å². The van der Waals surface area contributed by atoms with E-state index in [4.69, 9.17) is 0 Å². The highest BCUT2D eigenvalue weighted by molar-refractivity contribution is 6.09. The Hall–Kier alpha value is -4.08. The Morgan fingerprint density at radius 2 is 1.71 bits per heavy atom. The van der Waals surface area contributed by atoms with E-state index in [1.807, 2.05) is 0 Å². The lowest BCUT2D eigenvalue weighted by atomic mass is 9.97. The van der Waals surface area contributed by atoms with Crippen LogP contribution in [0.25, 0.3) is 22.5 Å². The second-order valence-electron chi connectivity index (χ2n) is 6.54. The molecule has 0 bridgehead atoms. The van der Waals surface area contributed by atoms with E-state index < -0.39 is 23.5 Å². The first-order valence-corrected chi connectivity index (χ1v) is 8.94. The highest BCUT2D eigenvalue weighted by atomic mass is 19.4. The number of halogens is 4. The van der Waals surface area contributed by atoms with E-state index >= 15 is 0 Å². The molecule has 0 atom stereocenters. The van der Waals surface area contributed by atoms with Crippen molar-refractivity contribution in [2.75, 3.05) is 5.32 Å². The van der Waals surface area contributed by atoms with Crippen LogP contribution in [0, 0.1) is 5.82 Å². The first-order valence-electron chi connectivity index (χ1n) is 8.94. The maximum atomic E-state index is 13.9. The first-order chi connectivity index (χ1) is 14.8. The number of nitrogens with zero attached hydrogens (tertiary/aromatic N) is 3. The number of aromatic nitrogens is 4. The van der Waals surface area contributed by atoms with Crippen molar-refractivity contribution in [3.63, 3.8) is 0 Å². The van der Waals surface area contributed by atoms with Gasteiger partial charge in [-0.2, -0.15) is 18.4 Å². The number of carbonyl (C=O) groups is 1. The highest BCUT2D eigenvalue weighted by Crippen LogP contribution is 2.33. The van der Waals surface area contributed by atoms with E-state index in [0.717, 1.165) is 24.3 Å². The number of benzene rings is 3. The number of anilines is 1. The fourth-order valence-electron chi connectivity index (χ4n) is 3.04. The average molecular weight is 427 g/mol. The standard InChI is InChI=1S/C21H13F4N5O/c22-15-7-8-17(12-3-1-5-14(9-12)21(23,24)25)18(11-15)20(31)26-16-6-2-4-13(10-16)19-27-29-30-28-19/h1-11H,(H,26,31)(H,27,28,29,30). The zero-order valence-electron chi connectivity index (χ0n) is 15.6. The van der Waals surface area contributed by atoms with Crippen LogP contribution in [0.2, 0.25) is 0 Å². The van der Waals surface area contributed by atoms with E-state index in [9.17, 15) is 22.4 Å². The molecule has 1 aromatic heterocycles. The number of H-pyrrole nitrogens is 1. The number of alkyl halides is 3. The predicted octanol–water partition coefficient (Wildman–Crippen LogP) is 4.94. The molecule has 0 radical (unpaired) electrons. The second kappa shape index (κ2) is 7.98. The summed E-state index contributed by atoms with van der Waals surface area (Å²) in [6.07, 6.45) is -4.55. The van der Waals surface area contributed by atoms with Crippen molar-refractivity contribution in [2.24, 2.45) is 0 Å². The first kappa shape index (κ1) is 20.2. The lowest BCUT2D eigenvalue weighted by Gasteiger charge is -2.13. The Morgan fingerprint density at radius 1 is 0.935 bits per heavy atom. The summed E-state index contributed by atoms with van der Waals surface area (Å²) < 4.78 is 53.2. The molecule has 4 aromatic rings. The molecule has 31 heavy (non-hydrogen) atoms. The third-order valence-corrected chi connectivity index (χ3v) is 4.45. The fraction of sp³-hybridized carbons (Fsp3) is 0.0476. The molecule has 0 saturated heterocycles. The van der Waals surface area contributed by atoms with Gasteiger partial charge in [-0.3, -0.25) is 4.79 Å². The van der Waals surface area contributed by atoms with Crippen molar-refractivity contribution in [1.29, 1.82) is 0 Å². The summed E-state index contributed by atoms with van der Waals surface area (Å²) in [4.78, 5) is 12.9. The minimum Gasteiger partial charge on any atom is -0.322 e. The van der Waals surface area contributed by atoms with Crippen molar-refractivity contribution in [3.8, 4) is 22.5 Å². The third kappa shape index (κ3) is 4.42. The van der Waals surface area contributed by atoms with Crippen LogP contribution in [0.15, 0.2) is 66.7 Å². The molecule has 0 aliphatic carbocycles. The Labute approximate surface area is 172 Å². The Balaban J connectivity index is 1.69. The van der Waals surface area contributed by atoms with Crippen molar-refractivity contribution in [2.45, 2.75) is 6.18 Å². The number of hydrogen-bond acceptors (Lipinski definition) is 4. The Morgan fingerprint density at radius 3 is 2.45 bits per heavy atom. The molecule has 0 fully saturated rings. The van der Waals surface area contributed by atoms with Crippen molar-refractivity contribution in [3.05, 3.63) is 83.7 Å². The van der Waals surface area contributed by atoms with E-state index in [-0.39, 0.29) is 16.7 Å². The minimum atomic E-state index is -4.55. The molecular weight excluding hydrogens is 414 g/mol. The largest absolute Gasteiger partial charge is 0.416 e. The Kier molecular flexibility index (Phi) is 5.20. The third-order valence-electron chi connectivity index (χ3n) is 4.45. The van der Waals surface area contributed by atoms with Gasteiger partial charge in [0.25, 0.3) is 5.91 Å². The van der Waals surface area contributed by atoms with Crippen molar-refractivity contribution in [1.82, 2.24) is 20.6 Å². The van der Waals surface area contributed by atoms with Crippen molar-refractivity contribution < 1.29 is 22.4 Å². The van der Waals surface area contributed by atoms with Crippen LogP contribution in [0.4, 0.5) is 23.2 Å². The summed E-state index contributed by atoms with van der Waals surface area (Å²) in [6.45, 7) is 0. The Bertz CT molecular complexity index is 1240. The molecule has 10 heteroatoms. The number of aromatic amines is 1. The van der Waals surface area contributed by atoms with Gasteiger partial charge in [-0.15, -0.1) is 10.2 Å². The van der Waals surface area contributed by atoms with Crippen LogP contribution < -0.4 is 5.32 Å². The molecule has 0 unspecified atom stereocenters. The molecule has 0 saturated carbocycles. The maximum Gasteiger partial charge on any atom is 0.416 e. The SMILES string of the molecule is O=C(Nc1cccc(-c2nn[nH]n2)c1)c1cc(F)ccc1-c1cccc(C(F)(F)F)c1. The molecular formula is C21H13F4N5O. The zero-order valence-corrected chi connectivity index (χ0v) is 15.6. The van der Waals surface area contributed by atoms with Crippen molar-refractivity contribution >= 4 is 11.6 Å². The van der Waals surface area contributed by atoms with Gasteiger partial charge >= 0.3 is 6.18 Å². The number of nitrogens with one attached hydrogen (secondary N) is 2. The summed E-state index contributed by atoms with van der Waals surface area (Å²) in [5.74, 6) is -1.06. The van der Waals surface area contributed by atoms with Gasteiger partial charge in [-0.05, 0) is 52.7 Å². The molecule has 1 heterocycles. The van der Waals surface area contributed by atoms with Crippen LogP contribution in [0.5, 0.6) is 0 Å². The lowest BCUT2D eigenvalue weighted by Crippen LogP contribution is -2.14.